The van der Waals surface area contributed by atoms with Crippen LogP contribution < -0.4 is 5.73 Å². The number of amides is 1. The first-order valence-corrected chi connectivity index (χ1v) is 7.07. The molecule has 0 radical (unpaired) electrons. The second-order valence-corrected chi connectivity index (χ2v) is 5.57. The Morgan fingerprint density at radius 3 is 2.57 bits per heavy atom. The maximum atomic E-state index is 11.4. The lowest BCUT2D eigenvalue weighted by molar-refractivity contribution is -0.142. The minimum absolute atomic E-state index is 0.216. The third kappa shape index (κ3) is 2.49. The molecule has 1 fully saturated rings. The summed E-state index contributed by atoms with van der Waals surface area (Å²) in [6, 6.07) is 5.30. The highest BCUT2D eigenvalue weighted by molar-refractivity contribution is 6.04. The smallest absolute Gasteiger partial charge is 0.306 e. The molecule has 2 aromatic rings. The summed E-state index contributed by atoms with van der Waals surface area (Å²) >= 11 is 0. The molecule has 4 N–H and O–H groups in total. The summed E-state index contributed by atoms with van der Waals surface area (Å²) in [4.78, 5) is 30.2. The molecule has 0 unspecified atom stereocenters. The fraction of sp³-hybridized carbons (Fsp3) is 0.400. The Kier molecular flexibility index (Phi) is 3.37. The van der Waals surface area contributed by atoms with Gasteiger partial charge in [-0.2, -0.15) is 0 Å². The van der Waals surface area contributed by atoms with Gasteiger partial charge in [-0.3, -0.25) is 9.59 Å². The molecule has 1 saturated carbocycles. The zero-order valence-corrected chi connectivity index (χ0v) is 11.5. The Balaban J connectivity index is 1.87. The van der Waals surface area contributed by atoms with Crippen LogP contribution in [0.25, 0.3) is 11.0 Å². The van der Waals surface area contributed by atoms with Crippen LogP contribution in [-0.2, 0) is 4.79 Å². The van der Waals surface area contributed by atoms with Crippen molar-refractivity contribution in [2.75, 3.05) is 0 Å². The summed E-state index contributed by atoms with van der Waals surface area (Å²) < 4.78 is 0. The number of aliphatic carboxylic acids is 1. The van der Waals surface area contributed by atoms with Crippen molar-refractivity contribution in [2.45, 2.75) is 31.6 Å². The Morgan fingerprint density at radius 1 is 1.24 bits per heavy atom. The topological polar surface area (TPSA) is 109 Å². The maximum Gasteiger partial charge on any atom is 0.306 e. The molecule has 1 aliphatic carbocycles. The van der Waals surface area contributed by atoms with Gasteiger partial charge in [0.15, 0.2) is 0 Å². The first-order chi connectivity index (χ1) is 10.1. The predicted octanol–water partition coefficient (Wildman–Crippen LogP) is 2.02. The van der Waals surface area contributed by atoms with Crippen molar-refractivity contribution in [1.82, 2.24) is 9.97 Å². The standard InChI is InChI=1S/C15H17N3O3/c16-13(19)10-2-1-3-11-12(10)18-14(17-11)8-4-6-9(7-5-8)15(20)21/h1-3,8-9H,4-7H2,(H2,16,19)(H,17,18)(H,20,21). The van der Waals surface area contributed by atoms with Crippen LogP contribution in [-0.4, -0.2) is 27.0 Å². The molecule has 6 nitrogen and oxygen atoms in total. The molecule has 0 saturated heterocycles. The number of carbonyl (C=O) groups excluding carboxylic acids is 1. The van der Waals surface area contributed by atoms with E-state index in [1.54, 1.807) is 12.1 Å². The van der Waals surface area contributed by atoms with Crippen molar-refractivity contribution in [3.05, 3.63) is 29.6 Å². The van der Waals surface area contributed by atoms with Gasteiger partial charge in [0.1, 0.15) is 11.3 Å². The number of H-pyrrole nitrogens is 1. The summed E-state index contributed by atoms with van der Waals surface area (Å²) in [6.45, 7) is 0. The highest BCUT2D eigenvalue weighted by Crippen LogP contribution is 2.35. The van der Waals surface area contributed by atoms with E-state index in [-0.39, 0.29) is 11.8 Å². The van der Waals surface area contributed by atoms with Crippen molar-refractivity contribution in [3.8, 4) is 0 Å². The molecule has 3 rings (SSSR count). The third-order valence-corrected chi connectivity index (χ3v) is 4.26. The monoisotopic (exact) mass is 287 g/mol. The molecule has 110 valence electrons. The van der Waals surface area contributed by atoms with E-state index >= 15 is 0 Å². The molecule has 21 heavy (non-hydrogen) atoms. The first kappa shape index (κ1) is 13.6. The lowest BCUT2D eigenvalue weighted by Gasteiger charge is -2.24. The van der Waals surface area contributed by atoms with Gasteiger partial charge in [0.25, 0.3) is 5.91 Å². The van der Waals surface area contributed by atoms with E-state index in [0.717, 1.165) is 24.2 Å². The molecule has 1 aromatic carbocycles. The Morgan fingerprint density at radius 2 is 1.95 bits per heavy atom. The van der Waals surface area contributed by atoms with Gasteiger partial charge < -0.3 is 15.8 Å². The molecule has 0 bridgehead atoms. The van der Waals surface area contributed by atoms with E-state index in [1.807, 2.05) is 6.07 Å². The highest BCUT2D eigenvalue weighted by atomic mass is 16.4. The number of primary amides is 1. The summed E-state index contributed by atoms with van der Waals surface area (Å²) in [5.41, 5.74) is 7.16. The number of hydrogen-bond acceptors (Lipinski definition) is 3. The third-order valence-electron chi connectivity index (χ3n) is 4.26. The number of imidazole rings is 1. The largest absolute Gasteiger partial charge is 0.481 e. The predicted molar refractivity (Wildman–Crippen MR) is 76.9 cm³/mol. The number of carboxylic acid groups (broad SMARTS) is 1. The molecule has 0 spiro atoms. The Labute approximate surface area is 121 Å². The zero-order valence-electron chi connectivity index (χ0n) is 11.5. The van der Waals surface area contributed by atoms with Crippen LogP contribution in [0.15, 0.2) is 18.2 Å². The summed E-state index contributed by atoms with van der Waals surface area (Å²) in [5.74, 6) is -0.412. The number of aromatic amines is 1. The number of benzene rings is 1. The van der Waals surface area contributed by atoms with E-state index in [0.29, 0.717) is 23.9 Å². The summed E-state index contributed by atoms with van der Waals surface area (Å²) in [5, 5.41) is 9.03. The van der Waals surface area contributed by atoms with Crippen LogP contribution in [0, 0.1) is 5.92 Å². The lowest BCUT2D eigenvalue weighted by Crippen LogP contribution is -2.21. The van der Waals surface area contributed by atoms with Gasteiger partial charge in [-0.25, -0.2) is 4.98 Å². The molecular formula is C15H17N3O3. The SMILES string of the molecule is NC(=O)c1cccc2[nH]c(C3CCC(C(=O)O)CC3)nc12. The number of nitrogens with zero attached hydrogens (tertiary/aromatic N) is 1. The lowest BCUT2D eigenvalue weighted by atomic mass is 9.82. The van der Waals surface area contributed by atoms with Crippen LogP contribution in [0.5, 0.6) is 0 Å². The highest BCUT2D eigenvalue weighted by Gasteiger charge is 2.28. The van der Waals surface area contributed by atoms with Gasteiger partial charge >= 0.3 is 5.97 Å². The molecule has 6 heteroatoms. The summed E-state index contributed by atoms with van der Waals surface area (Å²) in [6.07, 6.45) is 2.92. The number of rotatable bonds is 3. The molecule has 1 amide bonds. The van der Waals surface area contributed by atoms with Gasteiger partial charge in [-0.15, -0.1) is 0 Å². The Bertz CT molecular complexity index is 699. The van der Waals surface area contributed by atoms with Crippen LogP contribution in [0.4, 0.5) is 0 Å². The maximum absolute atomic E-state index is 11.4. The quantitative estimate of drug-likeness (QED) is 0.802. The Hall–Kier alpha value is -2.37. The molecule has 0 atom stereocenters. The first-order valence-electron chi connectivity index (χ1n) is 7.07. The van der Waals surface area contributed by atoms with Crippen LogP contribution in [0.3, 0.4) is 0 Å². The zero-order chi connectivity index (χ0) is 15.0. The van der Waals surface area contributed by atoms with Crippen LogP contribution in [0.1, 0.15) is 47.8 Å². The molecule has 1 aliphatic rings. The average molecular weight is 287 g/mol. The number of nitrogens with two attached hydrogens (primary N) is 1. The van der Waals surface area contributed by atoms with Gasteiger partial charge in [-0.05, 0) is 37.8 Å². The van der Waals surface area contributed by atoms with Crippen LogP contribution >= 0.6 is 0 Å². The molecule has 1 heterocycles. The minimum atomic E-state index is -0.714. The van der Waals surface area contributed by atoms with Gasteiger partial charge in [0, 0.05) is 5.92 Å². The van der Waals surface area contributed by atoms with Crippen molar-refractivity contribution in [3.63, 3.8) is 0 Å². The van der Waals surface area contributed by atoms with Crippen molar-refractivity contribution >= 4 is 22.9 Å². The van der Waals surface area contributed by atoms with Crippen LogP contribution in [0.2, 0.25) is 0 Å². The fourth-order valence-corrected chi connectivity index (χ4v) is 3.06. The van der Waals surface area contributed by atoms with Crippen molar-refractivity contribution in [2.24, 2.45) is 11.7 Å². The number of para-hydroxylation sites is 1. The number of fused-ring (bicyclic) bond motifs is 1. The fourth-order valence-electron chi connectivity index (χ4n) is 3.06. The van der Waals surface area contributed by atoms with E-state index in [9.17, 15) is 9.59 Å². The van der Waals surface area contributed by atoms with Crippen molar-refractivity contribution in [1.29, 1.82) is 0 Å². The second-order valence-electron chi connectivity index (χ2n) is 5.57. The molecule has 1 aromatic heterocycles. The van der Waals surface area contributed by atoms with Gasteiger partial charge in [-0.1, -0.05) is 6.07 Å². The van der Waals surface area contributed by atoms with E-state index in [4.69, 9.17) is 10.8 Å². The number of hydrogen-bond donors (Lipinski definition) is 3. The molecular weight excluding hydrogens is 270 g/mol. The number of carbonyl (C=O) groups is 2. The van der Waals surface area contributed by atoms with E-state index in [2.05, 4.69) is 9.97 Å². The average Bonchev–Trinajstić information content (AvgIpc) is 2.90. The number of carboxylic acids is 1. The second kappa shape index (κ2) is 5.20. The number of nitrogens with one attached hydrogen (secondary N) is 1. The number of aromatic nitrogens is 2. The van der Waals surface area contributed by atoms with Gasteiger partial charge in [0.2, 0.25) is 0 Å². The minimum Gasteiger partial charge on any atom is -0.481 e. The van der Waals surface area contributed by atoms with Gasteiger partial charge in [0.05, 0.1) is 17.0 Å². The van der Waals surface area contributed by atoms with E-state index < -0.39 is 11.9 Å². The summed E-state index contributed by atoms with van der Waals surface area (Å²) in [7, 11) is 0. The molecule has 0 aliphatic heterocycles. The normalized spacial score (nSPS) is 22.3. The van der Waals surface area contributed by atoms with E-state index in [1.165, 1.54) is 0 Å². The van der Waals surface area contributed by atoms with Crippen molar-refractivity contribution < 1.29 is 14.7 Å².